The molecule has 0 bridgehead atoms. The predicted molar refractivity (Wildman–Crippen MR) is 143 cm³/mol. The molecule has 2 N–H and O–H groups in total. The summed E-state index contributed by atoms with van der Waals surface area (Å²) in [7, 11) is 0. The molecule has 0 aliphatic heterocycles. The molecule has 0 unspecified atom stereocenters. The first-order valence-electron chi connectivity index (χ1n) is 12.0. The van der Waals surface area contributed by atoms with Crippen molar-refractivity contribution in [3.63, 3.8) is 0 Å². The summed E-state index contributed by atoms with van der Waals surface area (Å²) >= 11 is 0. The maximum absolute atomic E-state index is 12.7. The normalized spacial score (nSPS) is 11.9. The van der Waals surface area contributed by atoms with Crippen molar-refractivity contribution in [1.82, 2.24) is 19.6 Å². The van der Waals surface area contributed by atoms with E-state index in [1.807, 2.05) is 0 Å². The fourth-order valence-electron chi connectivity index (χ4n) is 4.08. The Morgan fingerprint density at radius 2 is 1.14 bits per heavy atom. The minimum atomic E-state index is -4.44. The van der Waals surface area contributed by atoms with Gasteiger partial charge in [-0.25, -0.2) is 9.36 Å². The highest BCUT2D eigenvalue weighted by Crippen LogP contribution is 2.32. The van der Waals surface area contributed by atoms with Crippen LogP contribution in [0.15, 0.2) is 97.3 Å². The highest BCUT2D eigenvalue weighted by atomic mass is 19.4. The summed E-state index contributed by atoms with van der Waals surface area (Å²) in [4.78, 5) is 10.2. The van der Waals surface area contributed by atoms with Crippen molar-refractivity contribution in [2.24, 2.45) is 0 Å². The zero-order valence-corrected chi connectivity index (χ0v) is 21.1. The van der Waals surface area contributed by atoms with E-state index in [0.29, 0.717) is 27.8 Å². The van der Waals surface area contributed by atoms with Gasteiger partial charge in [0.25, 0.3) is 5.69 Å². The highest BCUT2D eigenvalue weighted by Gasteiger charge is 2.31. The van der Waals surface area contributed by atoms with Crippen LogP contribution in [-0.2, 0) is 12.4 Å². The zero-order chi connectivity index (χ0) is 30.2. The lowest BCUT2D eigenvalue weighted by Crippen LogP contribution is -2.06. The molecule has 0 atom stereocenters. The van der Waals surface area contributed by atoms with Crippen LogP contribution in [-0.4, -0.2) is 24.5 Å². The number of hydrogen-bond acceptors (Lipinski definition) is 5. The van der Waals surface area contributed by atoms with Gasteiger partial charge in [0.2, 0.25) is 0 Å². The van der Waals surface area contributed by atoms with Crippen LogP contribution in [0.2, 0.25) is 0 Å². The molecule has 4 aromatic carbocycles. The number of anilines is 1. The fourth-order valence-corrected chi connectivity index (χ4v) is 4.08. The number of non-ortho nitro benzene ring substituents is 1. The van der Waals surface area contributed by atoms with Gasteiger partial charge < -0.3 is 5.73 Å². The lowest BCUT2D eigenvalue weighted by atomic mass is 10.2. The number of halogens is 6. The van der Waals surface area contributed by atoms with Gasteiger partial charge in [-0.15, -0.1) is 0 Å². The van der Waals surface area contributed by atoms with Crippen LogP contribution >= 0.6 is 0 Å². The Morgan fingerprint density at radius 3 is 1.62 bits per heavy atom. The topological polar surface area (TPSA) is 105 Å². The average molecular weight is 584 g/mol. The molecule has 8 nitrogen and oxygen atoms in total. The molecule has 6 aromatic rings. The lowest BCUT2D eigenvalue weighted by molar-refractivity contribution is -0.384. The van der Waals surface area contributed by atoms with Crippen molar-refractivity contribution in [2.75, 3.05) is 5.73 Å². The standard InChI is InChI=1S/C14H8F3N3O2.C14H10F3N3/c15-14(16,17)10-2-1-3-11(7-10)19-8-9-6-12(20(21)22)4-5-13(9)18-19;15-14(16,17)10-2-1-3-12(7-10)20-8-9-6-11(18)4-5-13(9)19-20/h1-8H;1-8H,18H2. The first-order valence-corrected chi connectivity index (χ1v) is 12.0. The number of fused-ring (bicyclic) bond motifs is 2. The Hall–Kier alpha value is -5.40. The van der Waals surface area contributed by atoms with E-state index in [-0.39, 0.29) is 11.4 Å². The van der Waals surface area contributed by atoms with Crippen LogP contribution in [0.5, 0.6) is 0 Å². The Labute approximate surface area is 232 Å². The van der Waals surface area contributed by atoms with Gasteiger partial charge in [0.15, 0.2) is 0 Å². The first kappa shape index (κ1) is 28.1. The average Bonchev–Trinajstić information content (AvgIpc) is 3.56. The van der Waals surface area contributed by atoms with Gasteiger partial charge in [-0.2, -0.15) is 36.5 Å². The predicted octanol–water partition coefficient (Wildman–Crippen LogP) is 7.58. The molecule has 0 saturated heterocycles. The van der Waals surface area contributed by atoms with E-state index in [4.69, 9.17) is 5.73 Å². The molecule has 0 spiro atoms. The largest absolute Gasteiger partial charge is 0.416 e. The number of benzene rings is 4. The molecule has 0 radical (unpaired) electrons. The lowest BCUT2D eigenvalue weighted by Gasteiger charge is -2.08. The number of nitrogens with zero attached hydrogens (tertiary/aromatic N) is 5. The summed E-state index contributed by atoms with van der Waals surface area (Å²) < 4.78 is 78.9. The van der Waals surface area contributed by atoms with Crippen LogP contribution in [0.4, 0.5) is 37.7 Å². The van der Waals surface area contributed by atoms with E-state index in [1.165, 1.54) is 52.0 Å². The molecular formula is C28H18F6N6O2. The molecule has 14 heteroatoms. The smallest absolute Gasteiger partial charge is 0.399 e. The highest BCUT2D eigenvalue weighted by molar-refractivity contribution is 5.82. The zero-order valence-electron chi connectivity index (χ0n) is 21.1. The number of nitrogen functional groups attached to an aromatic ring is 1. The van der Waals surface area contributed by atoms with Crippen LogP contribution in [0, 0.1) is 10.1 Å². The number of hydrogen-bond donors (Lipinski definition) is 1. The SMILES string of the molecule is Nc1ccc2nn(-c3cccc(C(F)(F)F)c3)cc2c1.O=[N+]([O-])c1ccc2nn(-c3cccc(C(F)(F)F)c3)cc2c1. The fraction of sp³-hybridized carbons (Fsp3) is 0.0714. The maximum Gasteiger partial charge on any atom is 0.416 e. The quantitative estimate of drug-likeness (QED) is 0.1000. The first-order chi connectivity index (χ1) is 19.8. The van der Waals surface area contributed by atoms with Gasteiger partial charge in [-0.3, -0.25) is 10.1 Å². The summed E-state index contributed by atoms with van der Waals surface area (Å²) in [6.07, 6.45) is -5.70. The van der Waals surface area contributed by atoms with E-state index in [2.05, 4.69) is 10.2 Å². The molecule has 6 rings (SSSR count). The van der Waals surface area contributed by atoms with Gasteiger partial charge in [-0.05, 0) is 60.7 Å². The third kappa shape index (κ3) is 6.01. The Bertz CT molecular complexity index is 1930. The summed E-state index contributed by atoms with van der Waals surface area (Å²) in [6.45, 7) is 0. The van der Waals surface area contributed by atoms with Crippen LogP contribution in [0.1, 0.15) is 11.1 Å². The maximum atomic E-state index is 12.7. The van der Waals surface area contributed by atoms with E-state index >= 15 is 0 Å². The molecule has 0 fully saturated rings. The molecule has 2 aromatic heterocycles. The third-order valence-corrected chi connectivity index (χ3v) is 6.10. The number of rotatable bonds is 3. The van der Waals surface area contributed by atoms with Gasteiger partial charge in [0, 0.05) is 41.0 Å². The van der Waals surface area contributed by atoms with Crippen molar-refractivity contribution >= 4 is 33.2 Å². The number of nitro benzene ring substituents is 1. The Kier molecular flexibility index (Phi) is 7.06. The van der Waals surface area contributed by atoms with E-state index in [0.717, 1.165) is 29.7 Å². The third-order valence-electron chi connectivity index (χ3n) is 6.10. The van der Waals surface area contributed by atoms with E-state index in [1.54, 1.807) is 30.5 Å². The summed E-state index contributed by atoms with van der Waals surface area (Å²) in [6, 6.07) is 19.0. The minimum absolute atomic E-state index is 0.101. The van der Waals surface area contributed by atoms with Crippen molar-refractivity contribution in [3.8, 4) is 11.4 Å². The molecule has 0 amide bonds. The van der Waals surface area contributed by atoms with Crippen LogP contribution in [0.25, 0.3) is 33.2 Å². The Balaban J connectivity index is 0.000000169. The van der Waals surface area contributed by atoms with Crippen LogP contribution in [0.3, 0.4) is 0 Å². The van der Waals surface area contributed by atoms with Crippen molar-refractivity contribution in [2.45, 2.75) is 12.4 Å². The summed E-state index contributed by atoms with van der Waals surface area (Å²) in [5.41, 5.74) is 6.39. The Morgan fingerprint density at radius 1 is 0.667 bits per heavy atom. The van der Waals surface area contributed by atoms with Gasteiger partial charge in [0.1, 0.15) is 0 Å². The molecule has 0 saturated carbocycles. The molecule has 0 aliphatic carbocycles. The number of alkyl halides is 6. The summed E-state index contributed by atoms with van der Waals surface area (Å²) in [5.74, 6) is 0. The monoisotopic (exact) mass is 584 g/mol. The van der Waals surface area contributed by atoms with E-state index in [9.17, 15) is 36.5 Å². The van der Waals surface area contributed by atoms with Crippen molar-refractivity contribution in [1.29, 1.82) is 0 Å². The number of nitrogens with two attached hydrogens (primary N) is 1. The number of nitro groups is 1. The van der Waals surface area contributed by atoms with Crippen molar-refractivity contribution < 1.29 is 31.3 Å². The molecule has 0 aliphatic rings. The molecule has 2 heterocycles. The van der Waals surface area contributed by atoms with Gasteiger partial charge in [0.05, 0.1) is 38.5 Å². The van der Waals surface area contributed by atoms with Gasteiger partial charge >= 0.3 is 12.4 Å². The van der Waals surface area contributed by atoms with E-state index < -0.39 is 28.4 Å². The van der Waals surface area contributed by atoms with Gasteiger partial charge in [-0.1, -0.05) is 12.1 Å². The molecule has 214 valence electrons. The minimum Gasteiger partial charge on any atom is -0.399 e. The second-order valence-electron chi connectivity index (χ2n) is 9.06. The second kappa shape index (κ2) is 10.5. The summed E-state index contributed by atoms with van der Waals surface area (Å²) in [5, 5.41) is 20.4. The van der Waals surface area contributed by atoms with Crippen LogP contribution < -0.4 is 5.73 Å². The molecule has 42 heavy (non-hydrogen) atoms. The number of aromatic nitrogens is 4. The molecular weight excluding hydrogens is 566 g/mol. The van der Waals surface area contributed by atoms with Crippen molar-refractivity contribution in [3.05, 3.63) is 119 Å². The second-order valence-corrected chi connectivity index (χ2v) is 9.06.